The Kier molecular flexibility index (Phi) is 9.02. The van der Waals surface area contributed by atoms with E-state index in [9.17, 15) is 58.4 Å². The molecule has 2 aliphatic rings. The molecule has 6 N–H and O–H groups in total. The van der Waals surface area contributed by atoms with Gasteiger partial charge in [0.2, 0.25) is 0 Å². The van der Waals surface area contributed by atoms with Gasteiger partial charge in [-0.15, -0.1) is 0 Å². The first-order chi connectivity index (χ1) is 16.7. The number of rotatable bonds is 9. The Morgan fingerprint density at radius 1 is 0.972 bits per heavy atom. The van der Waals surface area contributed by atoms with Gasteiger partial charge in [0.05, 0.1) is 6.61 Å². The standard InChI is InChI=1S/C15H23FN2O16P2/c16-3-5-8(20)10(22)12(24)14(32-5)33-36(28,29)34-35(26,27)30-4-6-9(21)11(23)13(31-6)18-2-1-7(19)17-15(18)25/h1-2,5-6,8-14,20-24H,3-4H2,(H,26,27)(H,28,29)(H,17,19,25)/p-2/t5-,6-,8-,9-,10+,11-,12-,13-,14-/m1/s1. The lowest BCUT2D eigenvalue weighted by Crippen LogP contribution is -2.58. The topological polar surface area (TPSA) is 282 Å². The summed E-state index contributed by atoms with van der Waals surface area (Å²) in [7, 11) is -11.8. The van der Waals surface area contributed by atoms with Crippen LogP contribution in [-0.4, -0.2) is 97.4 Å². The summed E-state index contributed by atoms with van der Waals surface area (Å²) in [6.07, 6.45) is -16.5. The number of hydrogen-bond acceptors (Lipinski definition) is 16. The molecular weight excluding hydrogens is 545 g/mol. The van der Waals surface area contributed by atoms with Crippen LogP contribution in [0.25, 0.3) is 0 Å². The molecule has 0 spiro atoms. The third-order valence-corrected chi connectivity index (χ3v) is 7.64. The smallest absolute Gasteiger partial charge is 0.330 e. The number of aliphatic hydroxyl groups excluding tert-OH is 5. The Morgan fingerprint density at radius 2 is 1.61 bits per heavy atom. The van der Waals surface area contributed by atoms with Crippen molar-refractivity contribution < 1.29 is 71.7 Å². The van der Waals surface area contributed by atoms with Crippen LogP contribution in [0.4, 0.5) is 4.39 Å². The second-order valence-corrected chi connectivity index (χ2v) is 10.5. The van der Waals surface area contributed by atoms with Gasteiger partial charge in [0.25, 0.3) is 21.2 Å². The molecule has 2 aliphatic heterocycles. The summed E-state index contributed by atoms with van der Waals surface area (Å²) in [5, 5.41) is 49.1. The van der Waals surface area contributed by atoms with E-state index in [2.05, 4.69) is 18.1 Å². The highest BCUT2D eigenvalue weighted by Gasteiger charge is 2.47. The van der Waals surface area contributed by atoms with Crippen molar-refractivity contribution in [2.24, 2.45) is 0 Å². The van der Waals surface area contributed by atoms with Gasteiger partial charge in [0.1, 0.15) is 49.4 Å². The SMILES string of the molecule is O=c1ccn([C@@H]2O[C@H](COP(=O)([O-])OP(=O)([O-])O[C@H]3O[C@H](CF)[C@@H](O)[C@H](O)[C@H]3O)[C@@H](O)[C@H]2O)c(=O)[nH]1. The minimum atomic E-state index is -5.95. The molecule has 36 heavy (non-hydrogen) atoms. The molecular formula is C15H21FN2O16P2-2. The Hall–Kier alpha value is -1.41. The van der Waals surface area contributed by atoms with Crippen LogP contribution in [0.15, 0.2) is 21.9 Å². The van der Waals surface area contributed by atoms with Crippen molar-refractivity contribution in [3.63, 3.8) is 0 Å². The van der Waals surface area contributed by atoms with Crippen molar-refractivity contribution in [2.75, 3.05) is 13.3 Å². The normalized spacial score (nSPS) is 38.4. The molecule has 0 bridgehead atoms. The zero-order valence-electron chi connectivity index (χ0n) is 17.7. The van der Waals surface area contributed by atoms with E-state index in [0.717, 1.165) is 12.3 Å². The van der Waals surface area contributed by atoms with Crippen LogP contribution in [0, 0.1) is 0 Å². The van der Waals surface area contributed by atoms with E-state index in [0.29, 0.717) is 4.57 Å². The maximum Gasteiger partial charge on any atom is 0.330 e. The molecule has 18 nitrogen and oxygen atoms in total. The predicted molar refractivity (Wildman–Crippen MR) is 103 cm³/mol. The Labute approximate surface area is 199 Å². The second kappa shape index (κ2) is 11.1. The third kappa shape index (κ3) is 6.53. The molecule has 1 aromatic rings. The van der Waals surface area contributed by atoms with Crippen LogP contribution in [0.5, 0.6) is 0 Å². The largest absolute Gasteiger partial charge is 0.756 e. The molecule has 0 aromatic carbocycles. The highest BCUT2D eigenvalue weighted by molar-refractivity contribution is 7.59. The van der Waals surface area contributed by atoms with E-state index in [1.807, 2.05) is 4.98 Å². The minimum absolute atomic E-state index is 0.688. The number of halogens is 1. The minimum Gasteiger partial charge on any atom is -0.756 e. The second-order valence-electron chi connectivity index (χ2n) is 7.61. The first-order valence-corrected chi connectivity index (χ1v) is 12.8. The summed E-state index contributed by atoms with van der Waals surface area (Å²) in [5.74, 6) is 0. The van der Waals surface area contributed by atoms with Crippen molar-refractivity contribution >= 4 is 15.6 Å². The van der Waals surface area contributed by atoms with Crippen molar-refractivity contribution in [2.45, 2.75) is 55.2 Å². The van der Waals surface area contributed by atoms with Gasteiger partial charge in [-0.05, 0) is 0 Å². The number of phosphoric acid groups is 2. The monoisotopic (exact) mass is 566 g/mol. The molecule has 3 rings (SSSR count). The maximum absolute atomic E-state index is 12.9. The quantitative estimate of drug-likeness (QED) is 0.152. The lowest BCUT2D eigenvalue weighted by Gasteiger charge is -2.41. The average Bonchev–Trinajstić information content (AvgIpc) is 3.06. The van der Waals surface area contributed by atoms with E-state index in [1.165, 1.54) is 0 Å². The number of alkyl halides is 1. The lowest BCUT2D eigenvalue weighted by atomic mass is 10.00. The van der Waals surface area contributed by atoms with Crippen LogP contribution in [0.2, 0.25) is 0 Å². The summed E-state index contributed by atoms with van der Waals surface area (Å²) >= 11 is 0. The number of aromatic nitrogens is 2. The van der Waals surface area contributed by atoms with Crippen LogP contribution >= 0.6 is 15.6 Å². The summed E-state index contributed by atoms with van der Waals surface area (Å²) in [6.45, 7) is -2.56. The highest BCUT2D eigenvalue weighted by Crippen LogP contribution is 2.57. The number of nitrogens with zero attached hydrogens (tertiary/aromatic N) is 1. The van der Waals surface area contributed by atoms with E-state index in [-0.39, 0.29) is 0 Å². The Balaban J connectivity index is 1.61. The van der Waals surface area contributed by atoms with Gasteiger partial charge in [0.15, 0.2) is 12.5 Å². The van der Waals surface area contributed by atoms with Gasteiger partial charge in [-0.3, -0.25) is 28.0 Å². The molecule has 2 fully saturated rings. The number of H-pyrrole nitrogens is 1. The molecule has 11 atom stereocenters. The lowest BCUT2D eigenvalue weighted by molar-refractivity contribution is -0.303. The van der Waals surface area contributed by atoms with E-state index in [4.69, 9.17) is 4.74 Å². The van der Waals surface area contributed by atoms with Crippen LogP contribution in [0.1, 0.15) is 6.23 Å². The number of ether oxygens (including phenoxy) is 2. The molecule has 3 heterocycles. The fourth-order valence-electron chi connectivity index (χ4n) is 3.31. The molecule has 206 valence electrons. The van der Waals surface area contributed by atoms with Gasteiger partial charge in [-0.25, -0.2) is 13.5 Å². The van der Waals surface area contributed by atoms with Crippen LogP contribution in [0.3, 0.4) is 0 Å². The van der Waals surface area contributed by atoms with Gasteiger partial charge in [-0.1, -0.05) is 0 Å². The van der Waals surface area contributed by atoms with Crippen LogP contribution < -0.4 is 21.0 Å². The van der Waals surface area contributed by atoms with E-state index in [1.54, 1.807) is 0 Å². The van der Waals surface area contributed by atoms with Gasteiger partial charge >= 0.3 is 5.69 Å². The molecule has 0 aliphatic carbocycles. The fraction of sp³-hybridized carbons (Fsp3) is 0.733. The molecule has 1 aromatic heterocycles. The molecule has 2 saturated heterocycles. The summed E-state index contributed by atoms with van der Waals surface area (Å²) in [4.78, 5) is 48.8. The summed E-state index contributed by atoms with van der Waals surface area (Å²) in [6, 6.07) is 0.904. The van der Waals surface area contributed by atoms with Gasteiger partial charge < -0.3 is 49.3 Å². The predicted octanol–water partition coefficient (Wildman–Crippen LogP) is -5.08. The molecule has 21 heteroatoms. The highest BCUT2D eigenvalue weighted by atomic mass is 31.3. The summed E-state index contributed by atoms with van der Waals surface area (Å²) < 4.78 is 59.7. The van der Waals surface area contributed by atoms with Crippen LogP contribution in [-0.2, 0) is 32.0 Å². The molecule has 2 unspecified atom stereocenters. The average molecular weight is 566 g/mol. The maximum atomic E-state index is 12.9. The van der Waals surface area contributed by atoms with Crippen molar-refractivity contribution in [3.05, 3.63) is 33.1 Å². The Morgan fingerprint density at radius 3 is 2.22 bits per heavy atom. The number of aromatic amines is 1. The van der Waals surface area contributed by atoms with Gasteiger partial charge in [-0.2, -0.15) is 0 Å². The van der Waals surface area contributed by atoms with Crippen molar-refractivity contribution in [1.29, 1.82) is 0 Å². The van der Waals surface area contributed by atoms with Crippen molar-refractivity contribution in [1.82, 2.24) is 9.55 Å². The first kappa shape index (κ1) is 29.2. The summed E-state index contributed by atoms with van der Waals surface area (Å²) in [5.41, 5.74) is -1.79. The fourth-order valence-corrected chi connectivity index (χ4v) is 5.39. The number of phosphoric ester groups is 2. The van der Waals surface area contributed by atoms with E-state index >= 15 is 0 Å². The molecule has 0 radical (unpaired) electrons. The number of hydrogen-bond donors (Lipinski definition) is 6. The molecule has 0 saturated carbocycles. The molecule has 0 amide bonds. The van der Waals surface area contributed by atoms with E-state index < -0.39 is 95.4 Å². The number of aliphatic hydroxyl groups is 5. The number of nitrogens with one attached hydrogen (secondary N) is 1. The zero-order chi connectivity index (χ0) is 27.0. The third-order valence-electron chi connectivity index (χ3n) is 5.11. The Bertz CT molecular complexity index is 1130. The van der Waals surface area contributed by atoms with Gasteiger partial charge in [0, 0.05) is 12.3 Å². The first-order valence-electron chi connectivity index (χ1n) is 9.91. The zero-order valence-corrected chi connectivity index (χ0v) is 19.5. The van der Waals surface area contributed by atoms with Crippen molar-refractivity contribution in [3.8, 4) is 0 Å².